The fraction of sp³-hybridized carbons (Fsp3) is 0.267. The normalized spacial score (nSPS) is 12.0. The highest BCUT2D eigenvalue weighted by Crippen LogP contribution is 2.22. The summed E-state index contributed by atoms with van der Waals surface area (Å²) in [5.74, 6) is -1.20. The third-order valence-corrected chi connectivity index (χ3v) is 3.27. The van der Waals surface area contributed by atoms with Gasteiger partial charge in [0.15, 0.2) is 0 Å². The fourth-order valence-electron chi connectivity index (χ4n) is 1.97. The van der Waals surface area contributed by atoms with Gasteiger partial charge in [-0.25, -0.2) is 4.98 Å². The molecule has 0 radical (unpaired) electrons. The Hall–Kier alpha value is -2.14. The van der Waals surface area contributed by atoms with Crippen LogP contribution in [0.2, 0.25) is 5.02 Å². The molecule has 0 fully saturated rings. The first kappa shape index (κ1) is 15.3. The Morgan fingerprint density at radius 1 is 1.33 bits per heavy atom. The minimum Gasteiger partial charge on any atom is -0.481 e. The van der Waals surface area contributed by atoms with Crippen molar-refractivity contribution in [2.45, 2.75) is 19.3 Å². The van der Waals surface area contributed by atoms with E-state index in [0.717, 1.165) is 5.56 Å². The van der Waals surface area contributed by atoms with Crippen LogP contribution in [0.5, 0.6) is 5.88 Å². The fourth-order valence-corrected chi connectivity index (χ4v) is 2.09. The molecule has 0 saturated carbocycles. The van der Waals surface area contributed by atoms with Gasteiger partial charge in [0, 0.05) is 16.8 Å². The van der Waals surface area contributed by atoms with Crippen LogP contribution in [-0.2, 0) is 11.2 Å². The highest BCUT2D eigenvalue weighted by molar-refractivity contribution is 6.30. The molecule has 2 rings (SSSR count). The number of aromatic nitrogens is 2. The Morgan fingerprint density at radius 3 is 2.57 bits per heavy atom. The average Bonchev–Trinajstić information content (AvgIpc) is 2.45. The van der Waals surface area contributed by atoms with Crippen LogP contribution in [-0.4, -0.2) is 28.2 Å². The van der Waals surface area contributed by atoms with Crippen molar-refractivity contribution in [1.29, 1.82) is 0 Å². The number of ether oxygens (including phenoxy) is 1. The van der Waals surface area contributed by atoms with Crippen molar-refractivity contribution < 1.29 is 14.6 Å². The molecule has 110 valence electrons. The molecule has 0 aliphatic rings. The third-order valence-electron chi connectivity index (χ3n) is 3.02. The summed E-state index contributed by atoms with van der Waals surface area (Å²) < 4.78 is 5.07. The van der Waals surface area contributed by atoms with Gasteiger partial charge in [-0.1, -0.05) is 23.7 Å². The first-order valence-corrected chi connectivity index (χ1v) is 6.74. The monoisotopic (exact) mass is 306 g/mol. The number of halogens is 1. The van der Waals surface area contributed by atoms with Crippen LogP contribution < -0.4 is 4.74 Å². The first-order valence-electron chi connectivity index (χ1n) is 6.36. The second-order valence-corrected chi connectivity index (χ2v) is 5.07. The lowest BCUT2D eigenvalue weighted by Gasteiger charge is -2.13. The molecule has 0 saturated heterocycles. The first-order chi connectivity index (χ1) is 9.99. The lowest BCUT2D eigenvalue weighted by Crippen LogP contribution is -2.18. The van der Waals surface area contributed by atoms with Gasteiger partial charge in [0.2, 0.25) is 5.88 Å². The Morgan fingerprint density at radius 2 is 2.00 bits per heavy atom. The third kappa shape index (κ3) is 3.92. The van der Waals surface area contributed by atoms with E-state index in [0.29, 0.717) is 23.0 Å². The van der Waals surface area contributed by atoms with Crippen LogP contribution in [0.1, 0.15) is 23.0 Å². The van der Waals surface area contributed by atoms with Gasteiger partial charge in [-0.05, 0) is 31.0 Å². The number of benzene rings is 1. The predicted molar refractivity (Wildman–Crippen MR) is 78.9 cm³/mol. The zero-order valence-electron chi connectivity index (χ0n) is 11.7. The van der Waals surface area contributed by atoms with E-state index in [9.17, 15) is 9.90 Å². The number of carbonyl (C=O) groups is 1. The molecule has 0 aliphatic heterocycles. The van der Waals surface area contributed by atoms with Crippen molar-refractivity contribution in [2.75, 3.05) is 7.11 Å². The van der Waals surface area contributed by atoms with Crippen molar-refractivity contribution in [3.8, 4) is 5.88 Å². The van der Waals surface area contributed by atoms with E-state index in [-0.39, 0.29) is 5.82 Å². The summed E-state index contributed by atoms with van der Waals surface area (Å²) >= 11 is 5.83. The van der Waals surface area contributed by atoms with E-state index in [1.807, 2.05) is 0 Å². The maximum Gasteiger partial charge on any atom is 0.314 e. The van der Waals surface area contributed by atoms with Crippen LogP contribution in [0.3, 0.4) is 0 Å². The molecular weight excluding hydrogens is 292 g/mol. The molecule has 6 heteroatoms. The number of nitrogens with zero attached hydrogens (tertiary/aromatic N) is 2. The molecule has 5 nitrogen and oxygen atoms in total. The summed E-state index contributed by atoms with van der Waals surface area (Å²) in [4.78, 5) is 19.9. The number of rotatable bonds is 5. The average molecular weight is 307 g/mol. The molecule has 1 atom stereocenters. The predicted octanol–water partition coefficient (Wildman–Crippen LogP) is 2.86. The lowest BCUT2D eigenvalue weighted by molar-refractivity contribution is -0.139. The highest BCUT2D eigenvalue weighted by atomic mass is 35.5. The Kier molecular flexibility index (Phi) is 4.75. The van der Waals surface area contributed by atoms with Gasteiger partial charge in [-0.2, -0.15) is 4.98 Å². The number of carboxylic acid groups (broad SMARTS) is 1. The SMILES string of the molecule is COc1cc(C)nc(C(Cc2ccc(Cl)cc2)C(=O)O)n1. The second kappa shape index (κ2) is 6.54. The molecule has 1 heterocycles. The molecule has 1 aromatic carbocycles. The van der Waals surface area contributed by atoms with Crippen LogP contribution >= 0.6 is 11.6 Å². The Balaban J connectivity index is 2.32. The van der Waals surface area contributed by atoms with Crippen molar-refractivity contribution in [3.05, 3.63) is 52.4 Å². The minimum atomic E-state index is -0.974. The summed E-state index contributed by atoms with van der Waals surface area (Å²) in [6.45, 7) is 1.77. The van der Waals surface area contributed by atoms with Crippen molar-refractivity contribution >= 4 is 17.6 Å². The van der Waals surface area contributed by atoms with Gasteiger partial charge in [0.1, 0.15) is 11.7 Å². The summed E-state index contributed by atoms with van der Waals surface area (Å²) in [5, 5.41) is 10.1. The maximum atomic E-state index is 11.5. The highest BCUT2D eigenvalue weighted by Gasteiger charge is 2.24. The summed E-state index contributed by atoms with van der Waals surface area (Å²) in [6, 6.07) is 8.71. The molecular formula is C15H15ClN2O3. The molecule has 0 aliphatic carbocycles. The van der Waals surface area contributed by atoms with Gasteiger partial charge < -0.3 is 9.84 Å². The zero-order chi connectivity index (χ0) is 15.4. The van der Waals surface area contributed by atoms with Crippen LogP contribution in [0.15, 0.2) is 30.3 Å². The number of carboxylic acids is 1. The number of hydrogen-bond donors (Lipinski definition) is 1. The van der Waals surface area contributed by atoms with E-state index < -0.39 is 11.9 Å². The Labute approximate surface area is 127 Å². The summed E-state index contributed by atoms with van der Waals surface area (Å²) in [7, 11) is 1.49. The molecule has 0 spiro atoms. The van der Waals surface area contributed by atoms with E-state index in [1.165, 1.54) is 7.11 Å². The maximum absolute atomic E-state index is 11.5. The van der Waals surface area contributed by atoms with Gasteiger partial charge in [-0.3, -0.25) is 4.79 Å². The molecule has 21 heavy (non-hydrogen) atoms. The zero-order valence-corrected chi connectivity index (χ0v) is 12.5. The van der Waals surface area contributed by atoms with Crippen molar-refractivity contribution in [1.82, 2.24) is 9.97 Å². The summed E-state index contributed by atoms with van der Waals surface area (Å²) in [5.41, 5.74) is 1.52. The Bertz CT molecular complexity index is 644. The molecule has 1 aromatic heterocycles. The van der Waals surface area contributed by atoms with Crippen LogP contribution in [0.4, 0.5) is 0 Å². The van der Waals surface area contributed by atoms with Gasteiger partial charge in [-0.15, -0.1) is 0 Å². The smallest absolute Gasteiger partial charge is 0.314 e. The molecule has 1 unspecified atom stereocenters. The standard InChI is InChI=1S/C15H15ClN2O3/c1-9-7-13(21-2)18-14(17-9)12(15(19)20)8-10-3-5-11(16)6-4-10/h3-7,12H,8H2,1-2H3,(H,19,20). The lowest BCUT2D eigenvalue weighted by atomic mass is 9.98. The van der Waals surface area contributed by atoms with Gasteiger partial charge in [0.05, 0.1) is 7.11 Å². The topological polar surface area (TPSA) is 72.3 Å². The van der Waals surface area contributed by atoms with Gasteiger partial charge in [0.25, 0.3) is 0 Å². The molecule has 0 amide bonds. The van der Waals surface area contributed by atoms with E-state index >= 15 is 0 Å². The van der Waals surface area contributed by atoms with Crippen LogP contribution in [0, 0.1) is 6.92 Å². The molecule has 1 N–H and O–H groups in total. The summed E-state index contributed by atoms with van der Waals surface area (Å²) in [6.07, 6.45) is 0.291. The molecule has 0 bridgehead atoms. The number of hydrogen-bond acceptors (Lipinski definition) is 4. The largest absolute Gasteiger partial charge is 0.481 e. The van der Waals surface area contributed by atoms with Gasteiger partial charge >= 0.3 is 5.97 Å². The number of methoxy groups -OCH3 is 1. The minimum absolute atomic E-state index is 0.245. The van der Waals surface area contributed by atoms with Crippen molar-refractivity contribution in [2.24, 2.45) is 0 Å². The number of aliphatic carboxylic acids is 1. The van der Waals surface area contributed by atoms with E-state index in [4.69, 9.17) is 16.3 Å². The van der Waals surface area contributed by atoms with E-state index in [1.54, 1.807) is 37.3 Å². The van der Waals surface area contributed by atoms with Crippen LogP contribution in [0.25, 0.3) is 0 Å². The number of aryl methyl sites for hydroxylation is 1. The molecule has 2 aromatic rings. The van der Waals surface area contributed by atoms with E-state index in [2.05, 4.69) is 9.97 Å². The quantitative estimate of drug-likeness (QED) is 0.919. The second-order valence-electron chi connectivity index (χ2n) is 4.63. The van der Waals surface area contributed by atoms with Crippen molar-refractivity contribution in [3.63, 3.8) is 0 Å².